The molecule has 0 saturated carbocycles. The van der Waals surface area contributed by atoms with E-state index >= 15 is 0 Å². The Hall–Kier alpha value is 0.750. The van der Waals surface area contributed by atoms with Crippen LogP contribution in [0.15, 0.2) is 0 Å². The minimum atomic E-state index is -2.10. The molecule has 0 aromatic rings. The van der Waals surface area contributed by atoms with Gasteiger partial charge in [-0.05, 0) is 6.42 Å². The van der Waals surface area contributed by atoms with Crippen molar-refractivity contribution in [3.63, 3.8) is 0 Å². The first-order valence-corrected chi connectivity index (χ1v) is 32.9. The molecular formula is C51H81Cl7O32. The van der Waals surface area contributed by atoms with E-state index in [0.717, 1.165) is 12.8 Å². The Labute approximate surface area is 549 Å². The van der Waals surface area contributed by atoms with E-state index in [1.165, 1.54) is 0 Å². The lowest BCUT2D eigenvalue weighted by atomic mass is 9.95. The Morgan fingerprint density at radius 1 is 0.278 bits per heavy atom. The predicted octanol–water partition coefficient (Wildman–Crippen LogP) is -6.50. The second-order valence-electron chi connectivity index (χ2n) is 23.0. The molecule has 17 N–H and O–H groups in total. The van der Waals surface area contributed by atoms with Crippen LogP contribution in [-0.2, 0) is 71.1 Å². The first-order valence-electron chi connectivity index (χ1n) is 29.1. The van der Waals surface area contributed by atoms with E-state index in [9.17, 15) is 86.8 Å². The van der Waals surface area contributed by atoms with Crippen LogP contribution in [0.4, 0.5) is 0 Å². The van der Waals surface area contributed by atoms with Gasteiger partial charge in [0.15, 0.2) is 50.3 Å². The standard InChI is InChI=1S/C51H81Cl7O32/c1-2-3-4-13-5-14(59)22(60)45(76-13)84-38-16(7-53)78-47(31(69)24(38)62)86-40-18(9-55)80-49(33(71)26(40)64)88-42-20(11-57)82-51(35(73)28(42)66)90-43-21(12-58)83-50(36(74)29(43)67)89-41-19(10-56)81-48(34(72)27(41)65)87-39-17(8-54)79-46(32(70)25(39)63)85-37-15(6-52)77-44(75)30(68)23(37)61/h13-51,59-75H,2-12H2,1H3/t13-,14+,15-,16-,17-,18-,19-,20-,21-,22-,23-,24-,25-,26-,27-,28-,29-,30-,31-,32-,33-,34-,35-,36-,37-,38-,39-,40-,41-,42-,43-,44+,45-,46-,47-,48-,49-,50-,51-/m1/s1. The van der Waals surface area contributed by atoms with Crippen LogP contribution in [-0.4, -0.2) is 368 Å². The Morgan fingerprint density at radius 3 is 0.711 bits per heavy atom. The zero-order valence-corrected chi connectivity index (χ0v) is 53.0. The van der Waals surface area contributed by atoms with Crippen molar-refractivity contribution in [3.05, 3.63) is 0 Å². The largest absolute Gasteiger partial charge is 0.390 e. The van der Waals surface area contributed by atoms with Crippen LogP contribution in [0.1, 0.15) is 32.6 Å². The molecular weight excluding hydrogens is 1370 g/mol. The van der Waals surface area contributed by atoms with E-state index in [1.54, 1.807) is 0 Å². The molecule has 8 rings (SSSR count). The molecule has 0 bridgehead atoms. The summed E-state index contributed by atoms with van der Waals surface area (Å²) in [5.41, 5.74) is 0. The Morgan fingerprint density at radius 2 is 0.489 bits per heavy atom. The van der Waals surface area contributed by atoms with Crippen LogP contribution in [0.2, 0.25) is 0 Å². The molecule has 0 aromatic heterocycles. The van der Waals surface area contributed by atoms with Crippen LogP contribution in [0.5, 0.6) is 0 Å². The van der Waals surface area contributed by atoms with Crippen molar-refractivity contribution in [2.75, 3.05) is 41.2 Å². The maximum Gasteiger partial charge on any atom is 0.187 e. The fourth-order valence-electron chi connectivity index (χ4n) is 11.8. The second kappa shape index (κ2) is 34.2. The monoisotopic (exact) mass is 1450 g/mol. The number of alkyl halides is 7. The molecule has 39 heteroatoms. The number of hydrogen-bond donors (Lipinski definition) is 17. The van der Waals surface area contributed by atoms with Gasteiger partial charge in [-0.25, -0.2) is 0 Å². The number of hydrogen-bond acceptors (Lipinski definition) is 32. The van der Waals surface area contributed by atoms with E-state index in [-0.39, 0.29) is 18.2 Å². The van der Waals surface area contributed by atoms with Crippen LogP contribution < -0.4 is 0 Å². The van der Waals surface area contributed by atoms with Gasteiger partial charge in [0.25, 0.3) is 0 Å². The van der Waals surface area contributed by atoms with Crippen LogP contribution in [0, 0.1) is 0 Å². The van der Waals surface area contributed by atoms with Gasteiger partial charge in [0, 0.05) is 6.42 Å². The molecule has 0 radical (unpaired) electrons. The second-order valence-corrected chi connectivity index (χ2v) is 25.2. The highest BCUT2D eigenvalue weighted by Gasteiger charge is 2.59. The summed E-state index contributed by atoms with van der Waals surface area (Å²) >= 11 is 43.4. The molecule has 8 aliphatic rings. The third-order valence-corrected chi connectivity index (χ3v) is 19.1. The Bertz CT molecular complexity index is 2150. The highest BCUT2D eigenvalue weighted by Crippen LogP contribution is 2.40. The zero-order chi connectivity index (χ0) is 65.9. The predicted molar refractivity (Wildman–Crippen MR) is 301 cm³/mol. The first-order chi connectivity index (χ1) is 42.8. The summed E-state index contributed by atoms with van der Waals surface area (Å²) in [6.07, 6.45) is -64.0. The molecule has 0 aliphatic carbocycles. The fourth-order valence-corrected chi connectivity index (χ4v) is 13.5. The van der Waals surface area contributed by atoms with Gasteiger partial charge >= 0.3 is 0 Å². The number of unbranched alkanes of at least 4 members (excludes halogenated alkanes) is 1. The summed E-state index contributed by atoms with van der Waals surface area (Å²) in [5.74, 6) is -3.25. The van der Waals surface area contributed by atoms with Gasteiger partial charge in [-0.1, -0.05) is 19.8 Å². The Kier molecular flexibility index (Phi) is 29.1. The van der Waals surface area contributed by atoms with E-state index in [2.05, 4.69) is 0 Å². The molecule has 8 saturated heterocycles. The van der Waals surface area contributed by atoms with Crippen molar-refractivity contribution < 1.29 is 158 Å². The topological polar surface area (TPSA) is 482 Å². The molecule has 39 atom stereocenters. The molecule has 526 valence electrons. The number of aliphatic hydroxyl groups is 17. The lowest BCUT2D eigenvalue weighted by Gasteiger charge is -2.50. The zero-order valence-electron chi connectivity index (χ0n) is 47.7. The van der Waals surface area contributed by atoms with E-state index in [4.69, 9.17) is 152 Å². The third-order valence-electron chi connectivity index (χ3n) is 17.0. The summed E-state index contributed by atoms with van der Waals surface area (Å²) in [4.78, 5) is 0. The number of aliphatic hydroxyl groups excluding tert-OH is 17. The molecule has 8 fully saturated rings. The van der Waals surface area contributed by atoms with Crippen molar-refractivity contribution >= 4 is 81.2 Å². The molecule has 90 heavy (non-hydrogen) atoms. The van der Waals surface area contributed by atoms with Crippen LogP contribution in [0.25, 0.3) is 0 Å². The minimum Gasteiger partial charge on any atom is -0.390 e. The van der Waals surface area contributed by atoms with Gasteiger partial charge in [0.05, 0.1) is 53.4 Å². The lowest BCUT2D eigenvalue weighted by molar-refractivity contribution is -0.391. The summed E-state index contributed by atoms with van der Waals surface area (Å²) in [6, 6.07) is 0. The van der Waals surface area contributed by atoms with Gasteiger partial charge in [0.1, 0.15) is 177 Å². The lowest BCUT2D eigenvalue weighted by Crippen LogP contribution is -2.68. The third kappa shape index (κ3) is 16.6. The fraction of sp³-hybridized carbons (Fsp3) is 1.00. The Balaban J connectivity index is 0.847. The summed E-state index contributed by atoms with van der Waals surface area (Å²) < 4.78 is 87.2. The van der Waals surface area contributed by atoms with E-state index < -0.39 is 269 Å². The van der Waals surface area contributed by atoms with Crippen LogP contribution >= 0.6 is 81.2 Å². The molecule has 8 heterocycles. The maximum absolute atomic E-state index is 11.5. The summed E-state index contributed by atoms with van der Waals surface area (Å²) in [7, 11) is 0. The molecule has 32 nitrogen and oxygen atoms in total. The quantitative estimate of drug-likeness (QED) is 0.0400. The van der Waals surface area contributed by atoms with E-state index in [1.807, 2.05) is 6.92 Å². The molecule has 0 spiro atoms. The summed E-state index contributed by atoms with van der Waals surface area (Å²) in [5, 5.41) is 188. The SMILES string of the molecule is CCCC[C@@H]1C[C@H](O)[C@@H](O)[C@@H](O[C@H]2[C@H](O)[C@@H](O)[C@@H](O[C@H]3[C@H](O)[C@@H](O)[C@@H](O[C@H]4[C@H](O)[C@@H](O)[C@@H](O[C@H]5[C@H](O)[C@@H](O)[C@@H](O[C@H]6[C@H](O)[C@@H](O)[C@@H](O[C@H]7[C@H](O)[C@@H](O)[C@@H](O[C@H]8[C@H](O)[C@@H](O)[C@@H](O)O[C@@H]8CCl)O[C@@H]7CCl)O[C@@H]6CCl)O[C@@H]5CCl)O[C@@H]4CCl)O[C@@H]3CCl)O[C@@H]2CCl)O1. The highest BCUT2D eigenvalue weighted by atomic mass is 35.5. The summed E-state index contributed by atoms with van der Waals surface area (Å²) in [6.45, 7) is 1.97. The van der Waals surface area contributed by atoms with Crippen molar-refractivity contribution in [1.29, 1.82) is 0 Å². The minimum absolute atomic E-state index is 0.133. The normalized spacial score (nSPS) is 52.3. The molecule has 8 aliphatic heterocycles. The number of rotatable bonds is 24. The highest BCUT2D eigenvalue weighted by molar-refractivity contribution is 6.19. The molecule has 0 aromatic carbocycles. The van der Waals surface area contributed by atoms with E-state index in [0.29, 0.717) is 6.42 Å². The van der Waals surface area contributed by atoms with Crippen molar-refractivity contribution in [2.24, 2.45) is 0 Å². The van der Waals surface area contributed by atoms with Gasteiger partial charge in [-0.2, -0.15) is 0 Å². The van der Waals surface area contributed by atoms with Gasteiger partial charge in [0.2, 0.25) is 0 Å². The van der Waals surface area contributed by atoms with Gasteiger partial charge in [-0.15, -0.1) is 81.2 Å². The molecule has 0 amide bonds. The first kappa shape index (κ1) is 76.5. The van der Waals surface area contributed by atoms with Crippen LogP contribution in [0.3, 0.4) is 0 Å². The number of ether oxygens (including phenoxy) is 15. The average Bonchev–Trinajstić information content (AvgIpc) is 0.850. The van der Waals surface area contributed by atoms with Gasteiger partial charge in [-0.3, -0.25) is 0 Å². The van der Waals surface area contributed by atoms with Crippen molar-refractivity contribution in [2.45, 2.75) is 272 Å². The van der Waals surface area contributed by atoms with Crippen molar-refractivity contribution in [1.82, 2.24) is 0 Å². The molecule has 0 unspecified atom stereocenters. The smallest absolute Gasteiger partial charge is 0.187 e. The maximum atomic E-state index is 11.5. The number of halogens is 7. The van der Waals surface area contributed by atoms with Crippen molar-refractivity contribution in [3.8, 4) is 0 Å². The van der Waals surface area contributed by atoms with Gasteiger partial charge < -0.3 is 158 Å². The average molecular weight is 1450 g/mol.